The van der Waals surface area contributed by atoms with Gasteiger partial charge in [0, 0.05) is 18.1 Å². The fraction of sp³-hybridized carbons (Fsp3) is 0.118. The molecule has 0 fully saturated rings. The molecule has 4 nitrogen and oxygen atoms in total. The van der Waals surface area contributed by atoms with Crippen LogP contribution in [0.2, 0.25) is 0 Å². The Morgan fingerprint density at radius 2 is 1.86 bits per heavy atom. The van der Waals surface area contributed by atoms with Gasteiger partial charge in [0.2, 0.25) is 10.0 Å². The van der Waals surface area contributed by atoms with Gasteiger partial charge in [-0.1, -0.05) is 30.3 Å². The molecule has 2 aromatic carbocycles. The number of rotatable bonds is 4. The van der Waals surface area contributed by atoms with Crippen LogP contribution in [0.3, 0.4) is 0 Å². The third-order valence-corrected chi connectivity index (χ3v) is 4.89. The summed E-state index contributed by atoms with van der Waals surface area (Å²) in [6.07, 6.45) is 1.69. The van der Waals surface area contributed by atoms with Crippen LogP contribution in [0.4, 0.5) is 0 Å². The number of aryl methyl sites for hydroxylation is 1. The summed E-state index contributed by atoms with van der Waals surface area (Å²) in [6, 6.07) is 16.4. The van der Waals surface area contributed by atoms with Gasteiger partial charge in [-0.3, -0.25) is 4.98 Å². The van der Waals surface area contributed by atoms with Crippen LogP contribution >= 0.6 is 0 Å². The van der Waals surface area contributed by atoms with Crippen molar-refractivity contribution in [1.82, 2.24) is 9.71 Å². The lowest BCUT2D eigenvalue weighted by Crippen LogP contribution is -2.23. The summed E-state index contributed by atoms with van der Waals surface area (Å²) in [7, 11) is -3.52. The summed E-state index contributed by atoms with van der Waals surface area (Å²) >= 11 is 0. The average molecular weight is 312 g/mol. The highest BCUT2D eigenvalue weighted by atomic mass is 32.2. The second-order valence-corrected chi connectivity index (χ2v) is 6.90. The maximum Gasteiger partial charge on any atom is 0.240 e. The zero-order valence-corrected chi connectivity index (χ0v) is 13.0. The maximum absolute atomic E-state index is 12.4. The van der Waals surface area contributed by atoms with Crippen molar-refractivity contribution in [3.8, 4) is 0 Å². The van der Waals surface area contributed by atoms with Crippen LogP contribution in [-0.4, -0.2) is 13.4 Å². The Morgan fingerprint density at radius 1 is 1.05 bits per heavy atom. The Hall–Kier alpha value is -2.24. The van der Waals surface area contributed by atoms with Crippen molar-refractivity contribution < 1.29 is 8.42 Å². The van der Waals surface area contributed by atoms with Gasteiger partial charge in [0.25, 0.3) is 0 Å². The number of hydrogen-bond donors (Lipinski definition) is 1. The quantitative estimate of drug-likeness (QED) is 0.805. The van der Waals surface area contributed by atoms with Gasteiger partial charge in [0.15, 0.2) is 0 Å². The molecule has 0 radical (unpaired) electrons. The van der Waals surface area contributed by atoms with E-state index in [4.69, 9.17) is 0 Å². The number of hydrogen-bond acceptors (Lipinski definition) is 3. The zero-order chi connectivity index (χ0) is 15.6. The van der Waals surface area contributed by atoms with E-state index in [1.807, 2.05) is 43.3 Å². The minimum Gasteiger partial charge on any atom is -0.256 e. The Bertz CT molecular complexity index is 915. The molecule has 0 saturated heterocycles. The molecule has 1 N–H and O–H groups in total. The van der Waals surface area contributed by atoms with Crippen LogP contribution in [0, 0.1) is 6.92 Å². The summed E-state index contributed by atoms with van der Waals surface area (Å²) in [5.41, 5.74) is 2.67. The summed E-state index contributed by atoms with van der Waals surface area (Å²) in [5.74, 6) is 0. The number of fused-ring (bicyclic) bond motifs is 1. The Kier molecular flexibility index (Phi) is 3.92. The molecule has 0 spiro atoms. The largest absolute Gasteiger partial charge is 0.256 e. The first-order valence-corrected chi connectivity index (χ1v) is 8.43. The Labute approximate surface area is 129 Å². The van der Waals surface area contributed by atoms with E-state index >= 15 is 0 Å². The number of sulfonamides is 1. The minimum absolute atomic E-state index is 0.235. The van der Waals surface area contributed by atoms with E-state index in [0.29, 0.717) is 0 Å². The molecule has 0 amide bonds. The SMILES string of the molecule is Cc1cccc(S(=O)(=O)NCc2ccnc3ccccc23)c1. The fourth-order valence-corrected chi connectivity index (χ4v) is 3.46. The van der Waals surface area contributed by atoms with Crippen LogP contribution in [0.1, 0.15) is 11.1 Å². The van der Waals surface area contributed by atoms with Crippen molar-refractivity contribution >= 4 is 20.9 Å². The molecule has 0 aliphatic carbocycles. The highest BCUT2D eigenvalue weighted by Crippen LogP contribution is 2.17. The van der Waals surface area contributed by atoms with Crippen molar-refractivity contribution in [1.29, 1.82) is 0 Å². The normalized spacial score (nSPS) is 11.7. The van der Waals surface area contributed by atoms with E-state index in [9.17, 15) is 8.42 Å². The van der Waals surface area contributed by atoms with E-state index in [1.165, 1.54) is 0 Å². The molecule has 22 heavy (non-hydrogen) atoms. The molecular weight excluding hydrogens is 296 g/mol. The van der Waals surface area contributed by atoms with Crippen LogP contribution < -0.4 is 4.72 Å². The van der Waals surface area contributed by atoms with Crippen molar-refractivity contribution in [3.63, 3.8) is 0 Å². The molecule has 1 aromatic heterocycles. The molecule has 3 aromatic rings. The van der Waals surface area contributed by atoms with Crippen LogP contribution in [0.25, 0.3) is 10.9 Å². The van der Waals surface area contributed by atoms with E-state index in [-0.39, 0.29) is 11.4 Å². The van der Waals surface area contributed by atoms with Crippen LogP contribution in [0.5, 0.6) is 0 Å². The lowest BCUT2D eigenvalue weighted by Gasteiger charge is -2.09. The molecule has 0 aliphatic heterocycles. The van der Waals surface area contributed by atoms with Gasteiger partial charge in [0.05, 0.1) is 10.4 Å². The Balaban J connectivity index is 1.88. The number of benzene rings is 2. The van der Waals surface area contributed by atoms with Crippen LogP contribution in [0.15, 0.2) is 65.7 Å². The molecule has 0 unspecified atom stereocenters. The van der Waals surface area contributed by atoms with Gasteiger partial charge in [-0.25, -0.2) is 13.1 Å². The average Bonchev–Trinajstić information content (AvgIpc) is 2.53. The van der Waals surface area contributed by atoms with Gasteiger partial charge >= 0.3 is 0 Å². The number of aromatic nitrogens is 1. The molecule has 0 atom stereocenters. The summed E-state index contributed by atoms with van der Waals surface area (Å²) < 4.78 is 27.4. The van der Waals surface area contributed by atoms with Gasteiger partial charge in [-0.15, -0.1) is 0 Å². The van der Waals surface area contributed by atoms with Crippen molar-refractivity contribution in [2.75, 3.05) is 0 Å². The maximum atomic E-state index is 12.4. The van der Waals surface area contributed by atoms with E-state index in [2.05, 4.69) is 9.71 Å². The molecule has 1 heterocycles. The monoisotopic (exact) mass is 312 g/mol. The fourth-order valence-electron chi connectivity index (χ4n) is 2.35. The second-order valence-electron chi connectivity index (χ2n) is 5.13. The Morgan fingerprint density at radius 3 is 2.68 bits per heavy atom. The van der Waals surface area contributed by atoms with Gasteiger partial charge in [-0.2, -0.15) is 0 Å². The molecular formula is C17H16N2O2S. The van der Waals surface area contributed by atoms with Gasteiger partial charge < -0.3 is 0 Å². The lowest BCUT2D eigenvalue weighted by atomic mass is 10.1. The van der Waals surface area contributed by atoms with Crippen molar-refractivity contribution in [3.05, 3.63) is 71.9 Å². The minimum atomic E-state index is -3.52. The first-order chi connectivity index (χ1) is 10.6. The third kappa shape index (κ3) is 3.00. The van der Waals surface area contributed by atoms with E-state index in [0.717, 1.165) is 22.0 Å². The third-order valence-electron chi connectivity index (χ3n) is 3.49. The van der Waals surface area contributed by atoms with Crippen molar-refractivity contribution in [2.24, 2.45) is 0 Å². The predicted octanol–water partition coefficient (Wildman–Crippen LogP) is 3.02. The standard InChI is InChI=1S/C17H16N2O2S/c1-13-5-4-6-15(11-13)22(20,21)19-12-14-9-10-18-17-8-3-2-7-16(14)17/h2-11,19H,12H2,1H3. The first kappa shape index (κ1) is 14.7. The smallest absolute Gasteiger partial charge is 0.240 e. The van der Waals surface area contributed by atoms with Crippen molar-refractivity contribution in [2.45, 2.75) is 18.4 Å². The number of pyridine rings is 1. The highest BCUT2D eigenvalue weighted by Gasteiger charge is 2.14. The highest BCUT2D eigenvalue weighted by molar-refractivity contribution is 7.89. The lowest BCUT2D eigenvalue weighted by molar-refractivity contribution is 0.581. The predicted molar refractivity (Wildman–Crippen MR) is 86.9 cm³/mol. The molecule has 0 saturated carbocycles. The van der Waals surface area contributed by atoms with Gasteiger partial charge in [-0.05, 0) is 42.3 Å². The molecule has 5 heteroatoms. The van der Waals surface area contributed by atoms with E-state index < -0.39 is 10.0 Å². The summed E-state index contributed by atoms with van der Waals surface area (Å²) in [4.78, 5) is 4.56. The van der Waals surface area contributed by atoms with Gasteiger partial charge in [0.1, 0.15) is 0 Å². The van der Waals surface area contributed by atoms with Crippen LogP contribution in [-0.2, 0) is 16.6 Å². The number of nitrogens with zero attached hydrogens (tertiary/aromatic N) is 1. The van der Waals surface area contributed by atoms with E-state index in [1.54, 1.807) is 24.4 Å². The summed E-state index contributed by atoms with van der Waals surface area (Å²) in [6.45, 7) is 2.11. The number of para-hydroxylation sites is 1. The molecule has 0 aliphatic rings. The first-order valence-electron chi connectivity index (χ1n) is 6.95. The summed E-state index contributed by atoms with van der Waals surface area (Å²) in [5, 5.41) is 0.956. The topological polar surface area (TPSA) is 59.1 Å². The molecule has 0 bridgehead atoms. The number of nitrogens with one attached hydrogen (secondary N) is 1. The second kappa shape index (κ2) is 5.87. The zero-order valence-electron chi connectivity index (χ0n) is 12.2. The molecule has 3 rings (SSSR count). The molecule has 112 valence electrons.